The van der Waals surface area contributed by atoms with Crippen LogP contribution in [0.2, 0.25) is 0 Å². The van der Waals surface area contributed by atoms with Crippen molar-refractivity contribution < 1.29 is 8.83 Å². The van der Waals surface area contributed by atoms with Crippen molar-refractivity contribution in [2.45, 2.75) is 0 Å². The van der Waals surface area contributed by atoms with Gasteiger partial charge in [0.15, 0.2) is 0 Å². The second-order valence-corrected chi connectivity index (χ2v) is 12.6. The van der Waals surface area contributed by atoms with Crippen LogP contribution in [0.3, 0.4) is 0 Å². The summed E-state index contributed by atoms with van der Waals surface area (Å²) < 4.78 is 13.0. The summed E-state index contributed by atoms with van der Waals surface area (Å²) in [6.07, 6.45) is 0. The number of para-hydroxylation sites is 3. The van der Waals surface area contributed by atoms with Gasteiger partial charge in [0.1, 0.15) is 22.3 Å². The first-order valence-corrected chi connectivity index (χ1v) is 16.8. The number of rotatable bonds is 6. The lowest BCUT2D eigenvalue weighted by Gasteiger charge is -2.26. The minimum absolute atomic E-state index is 0.829. The molecule has 10 aromatic rings. The lowest BCUT2D eigenvalue weighted by Crippen LogP contribution is -2.10. The van der Waals surface area contributed by atoms with Crippen LogP contribution in [0.1, 0.15) is 0 Å². The van der Waals surface area contributed by atoms with Crippen LogP contribution in [0.15, 0.2) is 191 Å². The number of fused-ring (bicyclic) bond motifs is 7. The molecule has 0 atom stereocenters. The van der Waals surface area contributed by atoms with Gasteiger partial charge >= 0.3 is 0 Å². The number of hydrogen-bond donors (Lipinski definition) is 0. The average molecular weight is 643 g/mol. The molecule has 0 aliphatic rings. The van der Waals surface area contributed by atoms with E-state index < -0.39 is 0 Å². The number of hydrogen-bond acceptors (Lipinski definition) is 4. The Morgan fingerprint density at radius 2 is 0.780 bits per heavy atom. The molecule has 0 spiro atoms. The second-order valence-electron chi connectivity index (χ2n) is 12.6. The minimum atomic E-state index is 0.829. The van der Waals surface area contributed by atoms with E-state index >= 15 is 0 Å². The predicted molar refractivity (Wildman–Crippen MR) is 208 cm³/mol. The van der Waals surface area contributed by atoms with Crippen LogP contribution in [0.25, 0.3) is 54.6 Å². The van der Waals surface area contributed by atoms with Gasteiger partial charge in [0, 0.05) is 67.5 Å². The Kier molecular flexibility index (Phi) is 6.46. The molecule has 0 fully saturated rings. The van der Waals surface area contributed by atoms with Crippen LogP contribution in [0, 0.1) is 0 Å². The fraction of sp³-hybridized carbons (Fsp3) is 0. The molecule has 0 unspecified atom stereocenters. The van der Waals surface area contributed by atoms with E-state index in [1.54, 1.807) is 0 Å². The first-order chi connectivity index (χ1) is 24.8. The summed E-state index contributed by atoms with van der Waals surface area (Å²) in [4.78, 5) is 4.59. The fourth-order valence-corrected chi connectivity index (χ4v) is 7.32. The van der Waals surface area contributed by atoms with Crippen LogP contribution in [-0.4, -0.2) is 0 Å². The topological polar surface area (TPSA) is 32.8 Å². The van der Waals surface area contributed by atoms with E-state index in [0.717, 1.165) is 83.4 Å². The summed E-state index contributed by atoms with van der Waals surface area (Å²) in [6, 6.07) is 63.7. The minimum Gasteiger partial charge on any atom is -0.456 e. The first kappa shape index (κ1) is 28.3. The zero-order valence-electron chi connectivity index (χ0n) is 27.0. The largest absolute Gasteiger partial charge is 0.456 e. The Balaban J connectivity index is 1.14. The van der Waals surface area contributed by atoms with Crippen LogP contribution in [-0.2, 0) is 0 Å². The maximum absolute atomic E-state index is 6.60. The lowest BCUT2D eigenvalue weighted by atomic mass is 10.1. The molecular weight excluding hydrogens is 613 g/mol. The molecule has 0 N–H and O–H groups in total. The monoisotopic (exact) mass is 642 g/mol. The van der Waals surface area contributed by atoms with Crippen LogP contribution in [0.4, 0.5) is 34.1 Å². The molecule has 0 aliphatic carbocycles. The second kappa shape index (κ2) is 11.4. The normalized spacial score (nSPS) is 11.6. The Morgan fingerprint density at radius 3 is 1.48 bits per heavy atom. The Hall–Kier alpha value is -6.78. The van der Waals surface area contributed by atoms with E-state index in [1.165, 1.54) is 5.39 Å². The molecule has 10 rings (SSSR count). The highest BCUT2D eigenvalue weighted by atomic mass is 16.3. The van der Waals surface area contributed by atoms with Crippen LogP contribution < -0.4 is 9.80 Å². The summed E-state index contributed by atoms with van der Waals surface area (Å²) in [6.45, 7) is 0. The predicted octanol–water partition coefficient (Wildman–Crippen LogP) is 13.6. The highest BCUT2D eigenvalue weighted by Gasteiger charge is 2.20. The van der Waals surface area contributed by atoms with Gasteiger partial charge in [0.05, 0.1) is 5.69 Å². The zero-order valence-corrected chi connectivity index (χ0v) is 27.0. The molecule has 236 valence electrons. The zero-order chi connectivity index (χ0) is 33.0. The van der Waals surface area contributed by atoms with Crippen molar-refractivity contribution in [3.05, 3.63) is 182 Å². The number of nitrogens with zero attached hydrogens (tertiary/aromatic N) is 2. The maximum Gasteiger partial charge on any atom is 0.137 e. The van der Waals surface area contributed by atoms with Crippen LogP contribution in [0.5, 0.6) is 0 Å². The van der Waals surface area contributed by atoms with Gasteiger partial charge in [-0.2, -0.15) is 0 Å². The van der Waals surface area contributed by atoms with E-state index in [2.05, 4.69) is 168 Å². The van der Waals surface area contributed by atoms with E-state index in [9.17, 15) is 0 Å². The maximum atomic E-state index is 6.60. The molecule has 0 radical (unpaired) electrons. The molecule has 4 heteroatoms. The van der Waals surface area contributed by atoms with Gasteiger partial charge in [-0.15, -0.1) is 0 Å². The van der Waals surface area contributed by atoms with Crippen molar-refractivity contribution in [1.29, 1.82) is 0 Å². The highest BCUT2D eigenvalue weighted by Crippen LogP contribution is 2.44. The lowest BCUT2D eigenvalue weighted by molar-refractivity contribution is 0.669. The Bertz CT molecular complexity index is 2790. The molecule has 2 heterocycles. The van der Waals surface area contributed by atoms with E-state index in [1.807, 2.05) is 24.3 Å². The van der Waals surface area contributed by atoms with Crippen molar-refractivity contribution in [1.82, 2.24) is 0 Å². The fourth-order valence-electron chi connectivity index (χ4n) is 7.32. The van der Waals surface area contributed by atoms with Gasteiger partial charge in [0.25, 0.3) is 0 Å². The third kappa shape index (κ3) is 4.61. The summed E-state index contributed by atoms with van der Waals surface area (Å²) in [7, 11) is 0. The summed E-state index contributed by atoms with van der Waals surface area (Å²) >= 11 is 0. The van der Waals surface area contributed by atoms with Crippen molar-refractivity contribution >= 4 is 88.8 Å². The van der Waals surface area contributed by atoms with E-state index in [0.29, 0.717) is 0 Å². The van der Waals surface area contributed by atoms with Gasteiger partial charge in [-0.25, -0.2) is 0 Å². The quantitative estimate of drug-likeness (QED) is 0.181. The highest BCUT2D eigenvalue weighted by molar-refractivity contribution is 6.09. The molecule has 8 aromatic carbocycles. The van der Waals surface area contributed by atoms with Crippen molar-refractivity contribution in [3.8, 4) is 0 Å². The number of benzene rings is 8. The van der Waals surface area contributed by atoms with E-state index in [-0.39, 0.29) is 0 Å². The molecule has 0 aliphatic heterocycles. The third-order valence-electron chi connectivity index (χ3n) is 9.61. The first-order valence-electron chi connectivity index (χ1n) is 16.8. The molecule has 0 amide bonds. The van der Waals surface area contributed by atoms with Gasteiger partial charge in [-0.3, -0.25) is 0 Å². The summed E-state index contributed by atoms with van der Waals surface area (Å²) in [5, 5.41) is 6.70. The van der Waals surface area contributed by atoms with Gasteiger partial charge in [-0.1, -0.05) is 91.0 Å². The average Bonchev–Trinajstić information content (AvgIpc) is 3.73. The molecule has 4 nitrogen and oxygen atoms in total. The Labute approximate surface area is 288 Å². The number of anilines is 6. The SMILES string of the molecule is c1ccc(N(c2ccccc2)c2ccc3oc4cc(N(c5ccc6c(c5)oc5ccccc56)c5cccc6ccccc56)ccc4c3c2)cc1. The van der Waals surface area contributed by atoms with E-state index in [4.69, 9.17) is 8.83 Å². The molecule has 0 bridgehead atoms. The van der Waals surface area contributed by atoms with Crippen molar-refractivity contribution in [2.75, 3.05) is 9.80 Å². The van der Waals surface area contributed by atoms with Gasteiger partial charge in [0.2, 0.25) is 0 Å². The molecule has 0 saturated heterocycles. The molecular formula is C46H30N2O2. The summed E-state index contributed by atoms with van der Waals surface area (Å²) in [5.74, 6) is 0. The Morgan fingerprint density at radius 1 is 0.280 bits per heavy atom. The standard InChI is InChI=1S/C46H30N2O2/c1-3-14-32(15-4-1)47(33-16-5-2-6-17-33)34-24-27-44-41(28-34)40-26-23-36(30-46(40)50-44)48(42-20-11-13-31-12-7-8-18-37(31)42)35-22-25-39-38-19-9-10-21-43(38)49-45(39)29-35/h1-30H. The molecule has 50 heavy (non-hydrogen) atoms. The van der Waals surface area contributed by atoms with Gasteiger partial charge in [-0.05, 0) is 84.2 Å². The number of furan rings is 2. The van der Waals surface area contributed by atoms with Gasteiger partial charge < -0.3 is 18.6 Å². The molecule has 2 aromatic heterocycles. The van der Waals surface area contributed by atoms with Crippen molar-refractivity contribution in [2.24, 2.45) is 0 Å². The van der Waals surface area contributed by atoms with Crippen LogP contribution >= 0.6 is 0 Å². The third-order valence-corrected chi connectivity index (χ3v) is 9.61. The summed E-state index contributed by atoms with van der Waals surface area (Å²) in [5.41, 5.74) is 9.77. The smallest absolute Gasteiger partial charge is 0.137 e. The van der Waals surface area contributed by atoms with Crippen molar-refractivity contribution in [3.63, 3.8) is 0 Å². The molecule has 0 saturated carbocycles.